The van der Waals surface area contributed by atoms with Gasteiger partial charge in [0.25, 0.3) is 5.91 Å². The summed E-state index contributed by atoms with van der Waals surface area (Å²) in [6.07, 6.45) is 0.621. The third-order valence-corrected chi connectivity index (χ3v) is 5.10. The first-order chi connectivity index (χ1) is 12.6. The lowest BCUT2D eigenvalue weighted by molar-refractivity contribution is -0.125. The lowest BCUT2D eigenvalue weighted by Gasteiger charge is -2.33. The Bertz CT molecular complexity index is 864. The molecule has 134 valence electrons. The molecule has 26 heavy (non-hydrogen) atoms. The monoisotopic (exact) mass is 350 g/mol. The molecular formula is C21H22N2O3. The summed E-state index contributed by atoms with van der Waals surface area (Å²) in [6.45, 7) is 4.16. The van der Waals surface area contributed by atoms with Crippen LogP contribution in [0.15, 0.2) is 48.5 Å². The molecule has 0 saturated heterocycles. The van der Waals surface area contributed by atoms with E-state index < -0.39 is 6.10 Å². The molecule has 2 aromatic rings. The number of carbonyl (C=O) groups excluding carboxylic acids is 2. The normalized spacial score (nSPS) is 21.2. The Morgan fingerprint density at radius 2 is 1.77 bits per heavy atom. The summed E-state index contributed by atoms with van der Waals surface area (Å²) in [5.41, 5.74) is 2.93. The number of hydrogen-bond acceptors (Lipinski definition) is 3. The fourth-order valence-electron chi connectivity index (χ4n) is 3.86. The highest BCUT2D eigenvalue weighted by molar-refractivity contribution is 6.01. The molecule has 0 aromatic heterocycles. The Labute approximate surface area is 153 Å². The Balaban J connectivity index is 1.52. The zero-order chi connectivity index (χ0) is 18.3. The largest absolute Gasteiger partial charge is 0.479 e. The summed E-state index contributed by atoms with van der Waals surface area (Å²) in [7, 11) is 0. The summed E-state index contributed by atoms with van der Waals surface area (Å²) in [4.78, 5) is 29.0. The molecule has 2 aliphatic heterocycles. The molecule has 2 amide bonds. The number of fused-ring (bicyclic) bond motifs is 2. The molecule has 0 saturated carbocycles. The van der Waals surface area contributed by atoms with E-state index in [4.69, 9.17) is 4.74 Å². The van der Waals surface area contributed by atoms with Crippen LogP contribution in [0.25, 0.3) is 0 Å². The van der Waals surface area contributed by atoms with Gasteiger partial charge in [0.15, 0.2) is 6.10 Å². The number of hydrogen-bond donors (Lipinski definition) is 0. The maximum absolute atomic E-state index is 12.9. The van der Waals surface area contributed by atoms with Crippen LogP contribution in [-0.4, -0.2) is 30.5 Å². The third kappa shape index (κ3) is 2.73. The van der Waals surface area contributed by atoms with E-state index in [9.17, 15) is 9.59 Å². The van der Waals surface area contributed by atoms with Gasteiger partial charge in [-0.3, -0.25) is 9.59 Å². The SMILES string of the molecule is CC1Oc2ccccc2N(CCC(=O)N2c3ccccc3CC2C)C1=O. The van der Waals surface area contributed by atoms with Crippen LogP contribution < -0.4 is 14.5 Å². The van der Waals surface area contributed by atoms with E-state index in [0.717, 1.165) is 17.8 Å². The minimum absolute atomic E-state index is 0.0480. The first kappa shape index (κ1) is 16.6. The van der Waals surface area contributed by atoms with Crippen molar-refractivity contribution < 1.29 is 14.3 Å². The number of carbonyl (C=O) groups is 2. The Morgan fingerprint density at radius 1 is 1.08 bits per heavy atom. The van der Waals surface area contributed by atoms with Crippen LogP contribution in [0.4, 0.5) is 11.4 Å². The van der Waals surface area contributed by atoms with Crippen LogP contribution in [-0.2, 0) is 16.0 Å². The van der Waals surface area contributed by atoms with Gasteiger partial charge in [-0.1, -0.05) is 30.3 Å². The molecule has 2 unspecified atom stereocenters. The van der Waals surface area contributed by atoms with Gasteiger partial charge in [-0.2, -0.15) is 0 Å². The molecule has 2 heterocycles. The van der Waals surface area contributed by atoms with Gasteiger partial charge in [0, 0.05) is 24.7 Å². The topological polar surface area (TPSA) is 49.9 Å². The molecule has 0 spiro atoms. The molecule has 5 nitrogen and oxygen atoms in total. The predicted octanol–water partition coefficient (Wildman–Crippen LogP) is 3.17. The van der Waals surface area contributed by atoms with E-state index in [1.165, 1.54) is 5.56 Å². The number of amides is 2. The molecule has 0 bridgehead atoms. The molecule has 2 atom stereocenters. The predicted molar refractivity (Wildman–Crippen MR) is 101 cm³/mol. The minimum Gasteiger partial charge on any atom is -0.479 e. The fourth-order valence-corrected chi connectivity index (χ4v) is 3.86. The number of rotatable bonds is 3. The van der Waals surface area contributed by atoms with Gasteiger partial charge in [-0.05, 0) is 44.0 Å². The van der Waals surface area contributed by atoms with Gasteiger partial charge in [0.1, 0.15) is 5.75 Å². The summed E-state index contributed by atoms with van der Waals surface area (Å²) >= 11 is 0. The minimum atomic E-state index is -0.536. The van der Waals surface area contributed by atoms with Crippen molar-refractivity contribution in [3.8, 4) is 5.75 Å². The number of anilines is 2. The Kier molecular flexibility index (Phi) is 4.15. The molecule has 5 heteroatoms. The van der Waals surface area contributed by atoms with Gasteiger partial charge in [0.2, 0.25) is 5.91 Å². The average molecular weight is 350 g/mol. The third-order valence-electron chi connectivity index (χ3n) is 5.10. The molecule has 2 aliphatic rings. The lowest BCUT2D eigenvalue weighted by atomic mass is 10.1. The van der Waals surface area contributed by atoms with Crippen LogP contribution in [0.5, 0.6) is 5.75 Å². The molecule has 0 radical (unpaired) electrons. The highest BCUT2D eigenvalue weighted by atomic mass is 16.5. The fraction of sp³-hybridized carbons (Fsp3) is 0.333. The summed E-state index contributed by atoms with van der Waals surface area (Å²) in [5.74, 6) is 0.630. The Hall–Kier alpha value is -2.82. The second-order valence-electron chi connectivity index (χ2n) is 6.91. The first-order valence-electron chi connectivity index (χ1n) is 9.03. The number of benzene rings is 2. The zero-order valence-corrected chi connectivity index (χ0v) is 15.0. The van der Waals surface area contributed by atoms with Crippen molar-refractivity contribution in [1.82, 2.24) is 0 Å². The highest BCUT2D eigenvalue weighted by Gasteiger charge is 2.34. The standard InChI is InChI=1S/C21H22N2O3/c1-14-13-16-7-3-4-8-17(16)23(14)20(24)11-12-22-18-9-5-6-10-19(18)26-15(2)21(22)25/h3-10,14-15H,11-13H2,1-2H3. The van der Waals surface area contributed by atoms with Crippen LogP contribution in [0.1, 0.15) is 25.8 Å². The van der Waals surface area contributed by atoms with E-state index in [0.29, 0.717) is 12.3 Å². The lowest BCUT2D eigenvalue weighted by Crippen LogP contribution is -2.46. The highest BCUT2D eigenvalue weighted by Crippen LogP contribution is 2.35. The van der Waals surface area contributed by atoms with E-state index >= 15 is 0 Å². The van der Waals surface area contributed by atoms with Crippen molar-refractivity contribution in [2.45, 2.75) is 38.8 Å². The number of nitrogens with zero attached hydrogens (tertiary/aromatic N) is 2. The van der Waals surface area contributed by atoms with E-state index in [1.54, 1.807) is 11.8 Å². The quantitative estimate of drug-likeness (QED) is 0.854. The van der Waals surface area contributed by atoms with E-state index in [1.807, 2.05) is 47.4 Å². The van der Waals surface area contributed by atoms with Gasteiger partial charge in [-0.15, -0.1) is 0 Å². The maximum atomic E-state index is 12.9. The van der Waals surface area contributed by atoms with Crippen molar-refractivity contribution in [1.29, 1.82) is 0 Å². The van der Waals surface area contributed by atoms with Crippen LogP contribution in [0.3, 0.4) is 0 Å². The summed E-state index contributed by atoms with van der Waals surface area (Å²) in [5, 5.41) is 0. The van der Waals surface area contributed by atoms with Gasteiger partial charge < -0.3 is 14.5 Å². The van der Waals surface area contributed by atoms with Gasteiger partial charge in [-0.25, -0.2) is 0 Å². The number of para-hydroxylation sites is 3. The van der Waals surface area contributed by atoms with Crippen molar-refractivity contribution in [2.75, 3.05) is 16.3 Å². The number of ether oxygens (including phenoxy) is 1. The molecule has 0 fully saturated rings. The van der Waals surface area contributed by atoms with Gasteiger partial charge >= 0.3 is 0 Å². The Morgan fingerprint density at radius 3 is 2.58 bits per heavy atom. The van der Waals surface area contributed by atoms with E-state index in [-0.39, 0.29) is 24.3 Å². The van der Waals surface area contributed by atoms with Crippen molar-refractivity contribution >= 4 is 23.2 Å². The zero-order valence-electron chi connectivity index (χ0n) is 15.0. The molecule has 2 aromatic carbocycles. The second kappa shape index (κ2) is 6.48. The van der Waals surface area contributed by atoms with Crippen molar-refractivity contribution in [2.24, 2.45) is 0 Å². The second-order valence-corrected chi connectivity index (χ2v) is 6.91. The first-order valence-corrected chi connectivity index (χ1v) is 9.03. The molecule has 0 aliphatic carbocycles. The van der Waals surface area contributed by atoms with Crippen molar-refractivity contribution in [3.63, 3.8) is 0 Å². The van der Waals surface area contributed by atoms with Crippen LogP contribution >= 0.6 is 0 Å². The smallest absolute Gasteiger partial charge is 0.267 e. The summed E-state index contributed by atoms with van der Waals surface area (Å²) < 4.78 is 5.66. The summed E-state index contributed by atoms with van der Waals surface area (Å²) in [6, 6.07) is 15.6. The molecule has 0 N–H and O–H groups in total. The molecular weight excluding hydrogens is 328 g/mol. The maximum Gasteiger partial charge on any atom is 0.267 e. The van der Waals surface area contributed by atoms with E-state index in [2.05, 4.69) is 13.0 Å². The van der Waals surface area contributed by atoms with Gasteiger partial charge in [0.05, 0.1) is 5.69 Å². The van der Waals surface area contributed by atoms with Crippen LogP contribution in [0, 0.1) is 0 Å². The van der Waals surface area contributed by atoms with Crippen LogP contribution in [0.2, 0.25) is 0 Å². The average Bonchev–Trinajstić information content (AvgIpc) is 2.97. The molecule has 4 rings (SSSR count). The van der Waals surface area contributed by atoms with Crippen molar-refractivity contribution in [3.05, 3.63) is 54.1 Å².